The third-order valence-electron chi connectivity index (χ3n) is 10.1. The number of hydrogen-bond acceptors (Lipinski definition) is 3. The number of para-hydroxylation sites is 4. The number of aromatic nitrogens is 2. The van der Waals surface area contributed by atoms with Crippen LogP contribution in [0.2, 0.25) is 0 Å². The van der Waals surface area contributed by atoms with Gasteiger partial charge in [0.05, 0.1) is 16.7 Å². The van der Waals surface area contributed by atoms with Crippen LogP contribution >= 0.6 is 0 Å². The maximum atomic E-state index is 6.77. The van der Waals surface area contributed by atoms with Crippen molar-refractivity contribution in [2.45, 2.75) is 0 Å². The fourth-order valence-corrected chi connectivity index (χ4v) is 12.7. The SMILES string of the molecule is c1ccc([Si](c2ccccc2)(c2ccccc2)c2nc3ccccc3n2-c2cc3c4c(c2)Oc2ccccc2B4c2ccccc2O3)cc1. The van der Waals surface area contributed by atoms with E-state index >= 15 is 0 Å². The van der Waals surface area contributed by atoms with Gasteiger partial charge >= 0.3 is 0 Å². The molecule has 2 aliphatic rings. The van der Waals surface area contributed by atoms with E-state index in [1.165, 1.54) is 15.6 Å². The summed E-state index contributed by atoms with van der Waals surface area (Å²) < 4.78 is 15.9. The van der Waals surface area contributed by atoms with Crippen LogP contribution in [-0.4, -0.2) is 24.3 Å². The van der Waals surface area contributed by atoms with E-state index in [0.29, 0.717) is 0 Å². The zero-order valence-corrected chi connectivity index (χ0v) is 27.5. The van der Waals surface area contributed by atoms with Gasteiger partial charge in [-0.25, -0.2) is 4.98 Å². The van der Waals surface area contributed by atoms with E-state index in [4.69, 9.17) is 14.5 Å². The molecule has 6 heteroatoms. The summed E-state index contributed by atoms with van der Waals surface area (Å²) in [6, 6.07) is 62.4. The number of fused-ring (bicyclic) bond motifs is 5. The van der Waals surface area contributed by atoms with Crippen molar-refractivity contribution in [3.8, 4) is 28.7 Å². The molecule has 49 heavy (non-hydrogen) atoms. The first-order valence-electron chi connectivity index (χ1n) is 16.7. The van der Waals surface area contributed by atoms with Crippen LogP contribution in [0.15, 0.2) is 176 Å². The lowest BCUT2D eigenvalue weighted by Crippen LogP contribution is -2.76. The van der Waals surface area contributed by atoms with Crippen molar-refractivity contribution in [1.29, 1.82) is 0 Å². The van der Waals surface area contributed by atoms with E-state index in [9.17, 15) is 0 Å². The Bertz CT molecular complexity index is 2350. The first kappa shape index (κ1) is 28.0. The minimum Gasteiger partial charge on any atom is -0.458 e. The van der Waals surface area contributed by atoms with Crippen LogP contribution in [0.25, 0.3) is 16.7 Å². The highest BCUT2D eigenvalue weighted by molar-refractivity contribution is 7.19. The Morgan fingerprint density at radius 2 is 0.918 bits per heavy atom. The molecule has 0 spiro atoms. The van der Waals surface area contributed by atoms with Gasteiger partial charge in [0.2, 0.25) is 8.07 Å². The fourth-order valence-electron chi connectivity index (χ4n) is 8.00. The van der Waals surface area contributed by atoms with Gasteiger partial charge in [-0.2, -0.15) is 0 Å². The minimum atomic E-state index is -3.02. The quantitative estimate of drug-likeness (QED) is 0.193. The number of ether oxygens (including phenoxy) is 2. The number of hydrogen-bond donors (Lipinski definition) is 0. The number of imidazole rings is 1. The molecule has 0 saturated carbocycles. The Morgan fingerprint density at radius 1 is 0.469 bits per heavy atom. The van der Waals surface area contributed by atoms with Gasteiger partial charge in [0.25, 0.3) is 6.71 Å². The molecule has 0 aliphatic carbocycles. The van der Waals surface area contributed by atoms with Crippen LogP contribution in [0.5, 0.6) is 23.0 Å². The summed E-state index contributed by atoms with van der Waals surface area (Å²) in [6.07, 6.45) is 0. The van der Waals surface area contributed by atoms with Crippen molar-refractivity contribution < 1.29 is 9.47 Å². The molecule has 7 aromatic carbocycles. The number of nitrogens with zero attached hydrogens (tertiary/aromatic N) is 2. The molecule has 230 valence electrons. The summed E-state index contributed by atoms with van der Waals surface area (Å²) in [6.45, 7) is 0.0133. The molecular weight excluding hydrogens is 615 g/mol. The first-order valence-corrected chi connectivity index (χ1v) is 18.7. The van der Waals surface area contributed by atoms with E-state index in [1.807, 2.05) is 12.1 Å². The van der Waals surface area contributed by atoms with Crippen LogP contribution in [-0.2, 0) is 0 Å². The van der Waals surface area contributed by atoms with E-state index < -0.39 is 8.07 Å². The zero-order valence-electron chi connectivity index (χ0n) is 26.5. The number of rotatable bonds is 5. The Balaban J connectivity index is 1.31. The molecule has 2 aliphatic heterocycles. The zero-order chi connectivity index (χ0) is 32.4. The topological polar surface area (TPSA) is 36.3 Å². The second-order valence-corrected chi connectivity index (χ2v) is 16.4. The van der Waals surface area contributed by atoms with Crippen LogP contribution in [0.4, 0.5) is 0 Å². The van der Waals surface area contributed by atoms with Crippen molar-refractivity contribution in [2.24, 2.45) is 0 Å². The summed E-state index contributed by atoms with van der Waals surface area (Å²) in [7, 11) is -3.02. The molecule has 1 aromatic heterocycles. The molecule has 0 N–H and O–H groups in total. The highest BCUT2D eigenvalue weighted by Gasteiger charge is 2.47. The van der Waals surface area contributed by atoms with Crippen LogP contribution in [0, 0.1) is 0 Å². The van der Waals surface area contributed by atoms with Crippen molar-refractivity contribution in [3.63, 3.8) is 0 Å². The maximum Gasteiger partial charge on any atom is 0.260 e. The Morgan fingerprint density at radius 3 is 1.45 bits per heavy atom. The van der Waals surface area contributed by atoms with E-state index in [2.05, 4.69) is 168 Å². The maximum absolute atomic E-state index is 6.77. The predicted octanol–water partition coefficient (Wildman–Crippen LogP) is 5.13. The summed E-state index contributed by atoms with van der Waals surface area (Å²) in [4.78, 5) is 5.60. The van der Waals surface area contributed by atoms with Crippen molar-refractivity contribution in [1.82, 2.24) is 9.55 Å². The normalized spacial score (nSPS) is 12.8. The standard InChI is InChI=1S/C43H29BN2O2Si/c1-4-16-31(17-5-1)49(32-18-6-2-7-19-32,33-20-8-3-9-21-33)43-45-36-24-12-13-25-37(36)46(43)30-28-40-42-41(29-30)48-39-27-15-11-23-35(39)44(42)34-22-10-14-26-38(34)47-40/h1-29H. The third kappa shape index (κ3) is 4.14. The number of benzene rings is 7. The summed E-state index contributed by atoms with van der Waals surface area (Å²) >= 11 is 0. The van der Waals surface area contributed by atoms with Crippen LogP contribution in [0.3, 0.4) is 0 Å². The van der Waals surface area contributed by atoms with Gasteiger partial charge in [-0.3, -0.25) is 4.57 Å². The van der Waals surface area contributed by atoms with Crippen LogP contribution < -0.4 is 46.9 Å². The molecule has 4 nitrogen and oxygen atoms in total. The summed E-state index contributed by atoms with van der Waals surface area (Å²) in [5.74, 6) is 3.36. The molecule has 0 unspecified atom stereocenters. The van der Waals surface area contributed by atoms with E-state index in [-0.39, 0.29) is 6.71 Å². The minimum absolute atomic E-state index is 0.0133. The van der Waals surface area contributed by atoms with Gasteiger partial charge in [-0.1, -0.05) is 140 Å². The van der Waals surface area contributed by atoms with Crippen molar-refractivity contribution in [2.75, 3.05) is 0 Å². The van der Waals surface area contributed by atoms with Crippen molar-refractivity contribution >= 4 is 63.2 Å². The molecule has 0 radical (unpaired) electrons. The highest BCUT2D eigenvalue weighted by Crippen LogP contribution is 2.37. The first-order chi connectivity index (χ1) is 24.3. The summed E-state index contributed by atoms with van der Waals surface area (Å²) in [5, 5.41) is 3.79. The highest BCUT2D eigenvalue weighted by atomic mass is 28.3. The van der Waals surface area contributed by atoms with E-state index in [1.54, 1.807) is 0 Å². The largest absolute Gasteiger partial charge is 0.458 e. The Hall–Kier alpha value is -6.11. The van der Waals surface area contributed by atoms with Gasteiger partial charge in [-0.15, -0.1) is 0 Å². The second-order valence-electron chi connectivity index (χ2n) is 12.7. The second kappa shape index (κ2) is 11.0. The average molecular weight is 645 g/mol. The summed E-state index contributed by atoms with van der Waals surface area (Å²) in [5.41, 5.74) is 7.31. The van der Waals surface area contributed by atoms with Gasteiger partial charge in [0.1, 0.15) is 28.4 Å². The fraction of sp³-hybridized carbons (Fsp3) is 0. The third-order valence-corrected chi connectivity index (χ3v) is 14.7. The monoisotopic (exact) mass is 644 g/mol. The van der Waals surface area contributed by atoms with Gasteiger partial charge in [0, 0.05) is 17.6 Å². The molecule has 3 heterocycles. The van der Waals surface area contributed by atoms with Crippen LogP contribution in [0.1, 0.15) is 0 Å². The lowest BCUT2D eigenvalue weighted by molar-refractivity contribution is 0.464. The average Bonchev–Trinajstić information content (AvgIpc) is 3.56. The smallest absolute Gasteiger partial charge is 0.260 e. The molecule has 0 saturated heterocycles. The lowest BCUT2D eigenvalue weighted by atomic mass is 9.35. The van der Waals surface area contributed by atoms with Gasteiger partial charge < -0.3 is 9.47 Å². The molecule has 0 atom stereocenters. The predicted molar refractivity (Wildman–Crippen MR) is 202 cm³/mol. The molecule has 10 rings (SSSR count). The lowest BCUT2D eigenvalue weighted by Gasteiger charge is -2.35. The molecule has 0 bridgehead atoms. The van der Waals surface area contributed by atoms with Crippen molar-refractivity contribution in [3.05, 3.63) is 176 Å². The molecule has 0 fully saturated rings. The molecule has 8 aromatic rings. The molecular formula is C43H29BN2O2Si. The van der Waals surface area contributed by atoms with Gasteiger partial charge in [0.15, 0.2) is 0 Å². The molecule has 0 amide bonds. The van der Waals surface area contributed by atoms with E-state index in [0.717, 1.165) is 61.6 Å². The van der Waals surface area contributed by atoms with Gasteiger partial charge in [-0.05, 0) is 50.8 Å². The Labute approximate surface area is 286 Å². The Kier molecular flexibility index (Phi) is 6.26.